The number of rotatable bonds is 7. The van der Waals surface area contributed by atoms with Crippen LogP contribution in [0.3, 0.4) is 0 Å². The zero-order valence-electron chi connectivity index (χ0n) is 14.7. The number of carbonyl (C=O) groups is 2. The summed E-state index contributed by atoms with van der Waals surface area (Å²) in [7, 11) is 1.61. The summed E-state index contributed by atoms with van der Waals surface area (Å²) in [5.74, 6) is -1.41. The predicted octanol–water partition coefficient (Wildman–Crippen LogP) is 2.93. The van der Waals surface area contributed by atoms with E-state index in [1.54, 1.807) is 19.2 Å². The zero-order valence-corrected chi connectivity index (χ0v) is 14.7. The number of methoxy groups -OCH3 is 1. The van der Waals surface area contributed by atoms with E-state index in [2.05, 4.69) is 5.32 Å². The number of aliphatic carboxylic acids is 1. The highest BCUT2D eigenvalue weighted by Crippen LogP contribution is 2.18. The van der Waals surface area contributed by atoms with Crippen LogP contribution in [0.4, 0.5) is 0 Å². The number of hydrogen-bond donors (Lipinski definition) is 2. The first-order valence-electron chi connectivity index (χ1n) is 8.06. The molecule has 0 radical (unpaired) electrons. The number of carbonyl (C=O) groups excluding carboxylic acids is 1. The van der Waals surface area contributed by atoms with Crippen molar-refractivity contribution in [3.05, 3.63) is 70.3 Å². The van der Waals surface area contributed by atoms with E-state index in [9.17, 15) is 14.7 Å². The number of hydrogen-bond acceptors (Lipinski definition) is 3. The summed E-state index contributed by atoms with van der Waals surface area (Å²) in [5, 5.41) is 12.1. The van der Waals surface area contributed by atoms with Crippen molar-refractivity contribution >= 4 is 11.9 Å². The van der Waals surface area contributed by atoms with Crippen LogP contribution < -0.4 is 5.32 Å². The third-order valence-electron chi connectivity index (χ3n) is 3.80. The summed E-state index contributed by atoms with van der Waals surface area (Å²) in [6, 6.07) is 12.0. The molecule has 0 fully saturated rings. The highest BCUT2D eigenvalue weighted by atomic mass is 16.5. The monoisotopic (exact) mass is 341 g/mol. The average Bonchev–Trinajstić information content (AvgIpc) is 2.52. The standard InChI is InChI=1S/C20H23NO4/c1-13-7-14(2)9-17(8-13)19(20(23)24)21-18(22)11-15-5-4-6-16(10-15)12-25-3/h4-10,19H,11-12H2,1-3H3,(H,21,22)(H,23,24). The Hall–Kier alpha value is -2.66. The third-order valence-corrected chi connectivity index (χ3v) is 3.80. The molecule has 1 unspecified atom stereocenters. The zero-order chi connectivity index (χ0) is 18.4. The number of amides is 1. The molecule has 5 nitrogen and oxygen atoms in total. The van der Waals surface area contributed by atoms with Gasteiger partial charge in [0.05, 0.1) is 13.0 Å². The van der Waals surface area contributed by atoms with Crippen LogP contribution in [0, 0.1) is 13.8 Å². The fourth-order valence-electron chi connectivity index (χ4n) is 2.86. The average molecular weight is 341 g/mol. The number of carboxylic acids is 1. The van der Waals surface area contributed by atoms with E-state index in [4.69, 9.17) is 4.74 Å². The Labute approximate surface area is 147 Å². The molecule has 0 saturated heterocycles. The lowest BCUT2D eigenvalue weighted by molar-refractivity contribution is -0.141. The van der Waals surface area contributed by atoms with Crippen molar-refractivity contribution < 1.29 is 19.4 Å². The maximum Gasteiger partial charge on any atom is 0.330 e. The molecule has 0 saturated carbocycles. The van der Waals surface area contributed by atoms with E-state index >= 15 is 0 Å². The maximum atomic E-state index is 12.3. The van der Waals surface area contributed by atoms with Gasteiger partial charge in [-0.3, -0.25) is 4.79 Å². The lowest BCUT2D eigenvalue weighted by atomic mass is 10.0. The van der Waals surface area contributed by atoms with Crippen molar-refractivity contribution in [3.8, 4) is 0 Å². The topological polar surface area (TPSA) is 75.6 Å². The molecule has 2 N–H and O–H groups in total. The van der Waals surface area contributed by atoms with Crippen LogP contribution in [-0.2, 0) is 27.4 Å². The summed E-state index contributed by atoms with van der Waals surface area (Å²) in [5.41, 5.74) is 4.28. The molecular weight excluding hydrogens is 318 g/mol. The molecule has 25 heavy (non-hydrogen) atoms. The fraction of sp³-hybridized carbons (Fsp3) is 0.300. The van der Waals surface area contributed by atoms with Gasteiger partial charge in [0.2, 0.25) is 5.91 Å². The van der Waals surface area contributed by atoms with Gasteiger partial charge in [0.1, 0.15) is 0 Å². The van der Waals surface area contributed by atoms with Crippen LogP contribution in [0.1, 0.15) is 33.9 Å². The lowest BCUT2D eigenvalue weighted by Crippen LogP contribution is -2.34. The minimum absolute atomic E-state index is 0.117. The highest BCUT2D eigenvalue weighted by molar-refractivity contribution is 5.85. The molecule has 2 aromatic carbocycles. The maximum absolute atomic E-state index is 12.3. The van der Waals surface area contributed by atoms with Gasteiger partial charge in [0, 0.05) is 7.11 Å². The molecular formula is C20H23NO4. The van der Waals surface area contributed by atoms with Crippen LogP contribution in [0.25, 0.3) is 0 Å². The van der Waals surface area contributed by atoms with Crippen LogP contribution in [0.15, 0.2) is 42.5 Å². The van der Waals surface area contributed by atoms with Crippen LogP contribution >= 0.6 is 0 Å². The number of ether oxygens (including phenoxy) is 1. The molecule has 0 aromatic heterocycles. The SMILES string of the molecule is COCc1cccc(CC(=O)NC(C(=O)O)c2cc(C)cc(C)c2)c1. The van der Waals surface area contributed by atoms with E-state index in [0.717, 1.165) is 22.3 Å². The molecule has 1 amide bonds. The van der Waals surface area contributed by atoms with Gasteiger partial charge in [0.15, 0.2) is 6.04 Å². The molecule has 5 heteroatoms. The van der Waals surface area contributed by atoms with Gasteiger partial charge in [-0.1, -0.05) is 53.6 Å². The molecule has 0 aliphatic rings. The number of nitrogens with one attached hydrogen (secondary N) is 1. The molecule has 2 rings (SSSR count). The number of carboxylic acid groups (broad SMARTS) is 1. The first kappa shape index (κ1) is 18.7. The Morgan fingerprint density at radius 2 is 1.72 bits per heavy atom. The van der Waals surface area contributed by atoms with Crippen molar-refractivity contribution in [2.75, 3.05) is 7.11 Å². The van der Waals surface area contributed by atoms with Gasteiger partial charge in [-0.2, -0.15) is 0 Å². The number of aryl methyl sites for hydroxylation is 2. The minimum atomic E-state index is -1.08. The second-order valence-corrected chi connectivity index (χ2v) is 6.19. The molecule has 2 aromatic rings. The van der Waals surface area contributed by atoms with Gasteiger partial charge in [-0.05, 0) is 30.5 Å². The second kappa shape index (κ2) is 8.44. The molecule has 0 spiro atoms. The van der Waals surface area contributed by atoms with Crippen molar-refractivity contribution in [3.63, 3.8) is 0 Å². The van der Waals surface area contributed by atoms with E-state index in [1.807, 2.05) is 44.2 Å². The Kier molecular flexibility index (Phi) is 6.31. The Balaban J connectivity index is 2.13. The van der Waals surface area contributed by atoms with Crippen molar-refractivity contribution in [1.82, 2.24) is 5.32 Å². The van der Waals surface area contributed by atoms with E-state index in [1.165, 1.54) is 0 Å². The molecule has 132 valence electrons. The van der Waals surface area contributed by atoms with Crippen molar-refractivity contribution in [1.29, 1.82) is 0 Å². The third kappa shape index (κ3) is 5.43. The quantitative estimate of drug-likeness (QED) is 0.812. The van der Waals surface area contributed by atoms with Crippen LogP contribution in [0.5, 0.6) is 0 Å². The molecule has 0 aliphatic heterocycles. The van der Waals surface area contributed by atoms with Gasteiger partial charge in [-0.25, -0.2) is 4.79 Å². The highest BCUT2D eigenvalue weighted by Gasteiger charge is 2.22. The summed E-state index contributed by atoms with van der Waals surface area (Å²) in [6.07, 6.45) is 0.117. The summed E-state index contributed by atoms with van der Waals surface area (Å²) < 4.78 is 5.09. The Bertz CT molecular complexity index is 750. The summed E-state index contributed by atoms with van der Waals surface area (Å²) in [4.78, 5) is 24.0. The van der Waals surface area contributed by atoms with Crippen molar-refractivity contribution in [2.24, 2.45) is 0 Å². The summed E-state index contributed by atoms with van der Waals surface area (Å²) in [6.45, 7) is 4.27. The molecule has 0 heterocycles. The molecule has 0 aliphatic carbocycles. The normalized spacial score (nSPS) is 11.8. The van der Waals surface area contributed by atoms with Gasteiger partial charge in [0.25, 0.3) is 0 Å². The fourth-order valence-corrected chi connectivity index (χ4v) is 2.86. The summed E-state index contributed by atoms with van der Waals surface area (Å²) >= 11 is 0. The van der Waals surface area contributed by atoms with Gasteiger partial charge in [-0.15, -0.1) is 0 Å². The minimum Gasteiger partial charge on any atom is -0.479 e. The first-order chi connectivity index (χ1) is 11.9. The first-order valence-corrected chi connectivity index (χ1v) is 8.06. The van der Waals surface area contributed by atoms with Gasteiger partial charge < -0.3 is 15.2 Å². The predicted molar refractivity (Wildman–Crippen MR) is 95.3 cm³/mol. The Morgan fingerprint density at radius 3 is 2.32 bits per heavy atom. The largest absolute Gasteiger partial charge is 0.479 e. The number of benzene rings is 2. The van der Waals surface area contributed by atoms with Crippen LogP contribution in [-0.4, -0.2) is 24.1 Å². The second-order valence-electron chi connectivity index (χ2n) is 6.19. The van der Waals surface area contributed by atoms with E-state index in [-0.39, 0.29) is 12.3 Å². The molecule has 0 bridgehead atoms. The van der Waals surface area contributed by atoms with Crippen molar-refractivity contribution in [2.45, 2.75) is 32.9 Å². The smallest absolute Gasteiger partial charge is 0.330 e. The lowest BCUT2D eigenvalue weighted by Gasteiger charge is -2.16. The van der Waals surface area contributed by atoms with E-state index < -0.39 is 12.0 Å². The Morgan fingerprint density at radius 1 is 1.08 bits per heavy atom. The van der Waals surface area contributed by atoms with E-state index in [0.29, 0.717) is 12.2 Å². The molecule has 1 atom stereocenters. The van der Waals surface area contributed by atoms with Crippen LogP contribution in [0.2, 0.25) is 0 Å². The van der Waals surface area contributed by atoms with Gasteiger partial charge >= 0.3 is 5.97 Å².